The molecule has 0 fully saturated rings. The largest absolute Gasteiger partial charge is 0.369 e. The molecule has 0 aromatic heterocycles. The lowest BCUT2D eigenvalue weighted by Gasteiger charge is -2.38. The van der Waals surface area contributed by atoms with Gasteiger partial charge in [-0.1, -0.05) is 18.7 Å². The molecule has 0 saturated heterocycles. The van der Waals surface area contributed by atoms with Crippen LogP contribution in [0.1, 0.15) is 34.1 Å². The molecule has 0 spiro atoms. The van der Waals surface area contributed by atoms with E-state index >= 15 is 0 Å². The fourth-order valence-corrected chi connectivity index (χ4v) is 2.55. The van der Waals surface area contributed by atoms with Crippen LogP contribution in [0.5, 0.6) is 0 Å². The van der Waals surface area contributed by atoms with E-state index in [1.807, 2.05) is 0 Å². The third-order valence-electron chi connectivity index (χ3n) is 1.85. The number of hydrogen-bond donors (Lipinski definition) is 2. The van der Waals surface area contributed by atoms with Crippen LogP contribution < -0.4 is 5.32 Å². The van der Waals surface area contributed by atoms with Crippen LogP contribution in [0.4, 0.5) is 0 Å². The van der Waals surface area contributed by atoms with E-state index < -0.39 is 5.72 Å². The molecule has 0 amide bonds. The molecule has 13 heavy (non-hydrogen) atoms. The lowest BCUT2D eigenvalue weighted by atomic mass is 9.93. The van der Waals surface area contributed by atoms with Gasteiger partial charge in [0.1, 0.15) is 0 Å². The monoisotopic (exact) mass is 202 g/mol. The summed E-state index contributed by atoms with van der Waals surface area (Å²) in [5.41, 5.74) is -0.977. The second kappa shape index (κ2) is 3.50. The molecule has 1 aliphatic heterocycles. The van der Waals surface area contributed by atoms with Crippen LogP contribution in [0.2, 0.25) is 0 Å². The predicted octanol–water partition coefficient (Wildman–Crippen LogP) is 1.58. The van der Waals surface area contributed by atoms with Crippen molar-refractivity contribution in [3.8, 4) is 0 Å². The summed E-state index contributed by atoms with van der Waals surface area (Å²) in [7, 11) is 0. The molecule has 2 N–H and O–H groups in total. The summed E-state index contributed by atoms with van der Waals surface area (Å²) in [4.78, 5) is 4.22. The first-order valence-corrected chi connectivity index (χ1v) is 5.56. The van der Waals surface area contributed by atoms with Gasteiger partial charge in [0.05, 0.1) is 0 Å². The first-order chi connectivity index (χ1) is 5.85. The maximum Gasteiger partial charge on any atom is 0.159 e. The van der Waals surface area contributed by atoms with Gasteiger partial charge < -0.3 is 10.4 Å². The maximum absolute atomic E-state index is 9.87. The van der Waals surface area contributed by atoms with Gasteiger partial charge in [-0.25, -0.2) is 4.99 Å². The minimum atomic E-state index is -0.910. The van der Waals surface area contributed by atoms with Crippen LogP contribution >= 0.6 is 11.8 Å². The molecule has 4 heteroatoms. The van der Waals surface area contributed by atoms with E-state index in [0.717, 1.165) is 10.9 Å². The zero-order chi connectivity index (χ0) is 10.1. The van der Waals surface area contributed by atoms with Crippen LogP contribution in [0.25, 0.3) is 0 Å². The van der Waals surface area contributed by atoms with E-state index in [4.69, 9.17) is 0 Å². The van der Waals surface area contributed by atoms with E-state index in [2.05, 4.69) is 31.1 Å². The van der Waals surface area contributed by atoms with E-state index in [1.54, 1.807) is 18.7 Å². The van der Waals surface area contributed by atoms with Crippen LogP contribution in [0.15, 0.2) is 4.99 Å². The summed E-state index contributed by atoms with van der Waals surface area (Å²) in [6.45, 7) is 7.98. The molecule has 1 aliphatic rings. The average molecular weight is 202 g/mol. The standard InChI is InChI=1S/C9H18N2OS/c1-5-13-7-10-8(2,3)6-9(4,12)11-7/h12H,5-6H2,1-4H3,(H,10,11). The topological polar surface area (TPSA) is 44.6 Å². The van der Waals surface area contributed by atoms with E-state index in [1.165, 1.54) is 0 Å². The Labute approximate surface area is 84.0 Å². The van der Waals surface area contributed by atoms with Crippen molar-refractivity contribution in [3.05, 3.63) is 0 Å². The summed E-state index contributed by atoms with van der Waals surface area (Å²) in [6.07, 6.45) is 0.647. The van der Waals surface area contributed by atoms with Gasteiger partial charge in [0, 0.05) is 12.0 Å². The van der Waals surface area contributed by atoms with Crippen molar-refractivity contribution < 1.29 is 5.11 Å². The quantitative estimate of drug-likeness (QED) is 0.678. The maximum atomic E-state index is 9.87. The summed E-state index contributed by atoms with van der Waals surface area (Å²) >= 11 is 1.64. The van der Waals surface area contributed by atoms with Gasteiger partial charge in [0.15, 0.2) is 10.9 Å². The van der Waals surface area contributed by atoms with Crippen LogP contribution in [0.3, 0.4) is 0 Å². The third kappa shape index (κ3) is 3.19. The summed E-state index contributed by atoms with van der Waals surface area (Å²) < 4.78 is 0. The molecular formula is C9H18N2OS. The lowest BCUT2D eigenvalue weighted by molar-refractivity contribution is 0.0309. The normalized spacial score (nSPS) is 32.2. The fraction of sp³-hybridized carbons (Fsp3) is 0.889. The molecule has 3 nitrogen and oxygen atoms in total. The SMILES string of the molecule is CCSC1=NC(C)(O)CC(C)(C)N1. The van der Waals surface area contributed by atoms with Crippen molar-refractivity contribution >= 4 is 16.9 Å². The zero-order valence-electron chi connectivity index (χ0n) is 8.72. The minimum Gasteiger partial charge on any atom is -0.369 e. The minimum absolute atomic E-state index is 0.0667. The van der Waals surface area contributed by atoms with Crippen molar-refractivity contribution in [1.82, 2.24) is 5.32 Å². The average Bonchev–Trinajstić information content (AvgIpc) is 1.78. The highest BCUT2D eigenvalue weighted by Crippen LogP contribution is 2.27. The number of amidine groups is 1. The number of thioether (sulfide) groups is 1. The Bertz CT molecular complexity index is 224. The highest BCUT2D eigenvalue weighted by molar-refractivity contribution is 8.13. The van der Waals surface area contributed by atoms with Crippen molar-refractivity contribution in [2.45, 2.75) is 45.4 Å². The highest BCUT2D eigenvalue weighted by atomic mass is 32.2. The van der Waals surface area contributed by atoms with Gasteiger partial charge in [-0.3, -0.25) is 0 Å². The van der Waals surface area contributed by atoms with Crippen LogP contribution in [0, 0.1) is 0 Å². The Morgan fingerprint density at radius 2 is 2.15 bits per heavy atom. The summed E-state index contributed by atoms with van der Waals surface area (Å²) in [5, 5.41) is 14.0. The predicted molar refractivity (Wildman–Crippen MR) is 58.0 cm³/mol. The molecule has 1 unspecified atom stereocenters. The second-order valence-corrected chi connectivity index (χ2v) is 5.51. The van der Waals surface area contributed by atoms with Gasteiger partial charge in [-0.2, -0.15) is 0 Å². The van der Waals surface area contributed by atoms with Crippen molar-refractivity contribution in [2.75, 3.05) is 5.75 Å². The van der Waals surface area contributed by atoms with E-state index in [0.29, 0.717) is 6.42 Å². The first-order valence-electron chi connectivity index (χ1n) is 4.58. The number of nitrogens with zero attached hydrogens (tertiary/aromatic N) is 1. The van der Waals surface area contributed by atoms with Crippen LogP contribution in [-0.4, -0.2) is 27.3 Å². The molecule has 0 aromatic carbocycles. The fourth-order valence-electron chi connectivity index (χ4n) is 1.66. The second-order valence-electron chi connectivity index (χ2n) is 4.25. The van der Waals surface area contributed by atoms with Crippen molar-refractivity contribution in [2.24, 2.45) is 4.99 Å². The number of aliphatic imine (C=N–C) groups is 1. The molecule has 1 atom stereocenters. The molecule has 0 aromatic rings. The Morgan fingerprint density at radius 1 is 1.54 bits per heavy atom. The summed E-state index contributed by atoms with van der Waals surface area (Å²) in [5.74, 6) is 0.970. The molecule has 1 rings (SSSR count). The highest BCUT2D eigenvalue weighted by Gasteiger charge is 2.35. The Kier molecular flexibility index (Phi) is 2.92. The molecule has 0 bridgehead atoms. The molecule has 76 valence electrons. The smallest absolute Gasteiger partial charge is 0.159 e. The van der Waals surface area contributed by atoms with E-state index in [-0.39, 0.29) is 5.54 Å². The molecular weight excluding hydrogens is 184 g/mol. The Morgan fingerprint density at radius 3 is 2.62 bits per heavy atom. The Balaban J connectivity index is 2.79. The van der Waals surface area contributed by atoms with Gasteiger partial charge in [0.25, 0.3) is 0 Å². The van der Waals surface area contributed by atoms with Crippen molar-refractivity contribution in [1.29, 1.82) is 0 Å². The molecule has 0 aliphatic carbocycles. The van der Waals surface area contributed by atoms with Gasteiger partial charge >= 0.3 is 0 Å². The number of aliphatic hydroxyl groups is 1. The van der Waals surface area contributed by atoms with Crippen LogP contribution in [-0.2, 0) is 0 Å². The Hall–Kier alpha value is -0.220. The van der Waals surface area contributed by atoms with Gasteiger partial charge in [-0.05, 0) is 26.5 Å². The number of nitrogens with one attached hydrogen (secondary N) is 1. The lowest BCUT2D eigenvalue weighted by Crippen LogP contribution is -2.52. The molecule has 0 saturated carbocycles. The third-order valence-corrected chi connectivity index (χ3v) is 2.60. The molecule has 1 heterocycles. The summed E-state index contributed by atoms with van der Waals surface area (Å²) in [6, 6.07) is 0. The van der Waals surface area contributed by atoms with E-state index in [9.17, 15) is 5.11 Å². The first kappa shape index (κ1) is 10.9. The zero-order valence-corrected chi connectivity index (χ0v) is 9.53. The van der Waals surface area contributed by atoms with Crippen molar-refractivity contribution in [3.63, 3.8) is 0 Å². The molecule has 0 radical (unpaired) electrons. The van der Waals surface area contributed by atoms with Gasteiger partial charge in [0.2, 0.25) is 0 Å². The van der Waals surface area contributed by atoms with Gasteiger partial charge in [-0.15, -0.1) is 0 Å². The number of rotatable bonds is 1. The number of hydrogen-bond acceptors (Lipinski definition) is 4.